The van der Waals surface area contributed by atoms with E-state index in [4.69, 9.17) is 18.5 Å². The van der Waals surface area contributed by atoms with Gasteiger partial charge in [-0.3, -0.25) is 14.2 Å². The van der Waals surface area contributed by atoms with Crippen molar-refractivity contribution in [2.45, 2.75) is 135 Å². The number of hydrogen-bond donors (Lipinski definition) is 1. The molecule has 0 saturated carbocycles. The van der Waals surface area contributed by atoms with E-state index in [1.165, 1.54) is 0 Å². The monoisotopic (exact) mass is 844 g/mol. The Morgan fingerprint density at radius 2 is 1.02 bits per heavy atom. The molecule has 0 bridgehead atoms. The second kappa shape index (κ2) is 38.8. The minimum absolute atomic E-state index is 0.0621. The van der Waals surface area contributed by atoms with Gasteiger partial charge >= 0.3 is 11.9 Å². The van der Waals surface area contributed by atoms with E-state index in [0.717, 1.165) is 70.6 Å². The molecule has 0 aliphatic rings. The van der Waals surface area contributed by atoms with Crippen molar-refractivity contribution in [3.8, 4) is 0 Å². The minimum atomic E-state index is -4.67. The van der Waals surface area contributed by atoms with E-state index in [9.17, 15) is 24.2 Å². The van der Waals surface area contributed by atoms with Crippen molar-refractivity contribution < 1.29 is 47.2 Å². The number of esters is 2. The van der Waals surface area contributed by atoms with Crippen LogP contribution in [0.3, 0.4) is 0 Å². The van der Waals surface area contributed by atoms with Gasteiger partial charge < -0.3 is 33.0 Å². The molecule has 0 aliphatic heterocycles. The molecule has 10 nitrogen and oxygen atoms in total. The second-order valence-electron chi connectivity index (χ2n) is 15.3. The lowest BCUT2D eigenvalue weighted by Crippen LogP contribution is -2.37. The fraction of sp³-hybridized carbons (Fsp3) is 0.583. The first kappa shape index (κ1) is 55.6. The van der Waals surface area contributed by atoms with Crippen molar-refractivity contribution in [1.82, 2.24) is 0 Å². The highest BCUT2D eigenvalue weighted by molar-refractivity contribution is 7.45. The Hall–Kier alpha value is -3.37. The summed E-state index contributed by atoms with van der Waals surface area (Å²) in [7, 11) is 1.06. The molecule has 11 heteroatoms. The summed E-state index contributed by atoms with van der Waals surface area (Å²) in [5.41, 5.74) is 0. The summed E-state index contributed by atoms with van der Waals surface area (Å²) in [5, 5.41) is 9.27. The molecule has 0 radical (unpaired) electrons. The number of rotatable bonds is 37. The number of allylic oxidation sites excluding steroid dienone is 18. The molecule has 0 amide bonds. The van der Waals surface area contributed by atoms with Crippen LogP contribution in [0.5, 0.6) is 0 Å². The Morgan fingerprint density at radius 1 is 0.610 bits per heavy atom. The third-order valence-corrected chi connectivity index (χ3v) is 9.26. The highest BCUT2D eigenvalue weighted by Crippen LogP contribution is 2.38. The molecule has 0 aromatic carbocycles. The predicted octanol–water partition coefficient (Wildman–Crippen LogP) is 10.7. The summed E-state index contributed by atoms with van der Waals surface area (Å²) in [5.74, 6) is -0.999. The van der Waals surface area contributed by atoms with Crippen molar-refractivity contribution in [1.29, 1.82) is 0 Å². The number of unbranched alkanes of at least 4 members (excludes halogenated alkanes) is 3. The Kier molecular flexibility index (Phi) is 36.6. The van der Waals surface area contributed by atoms with Crippen LogP contribution >= 0.6 is 7.82 Å². The third-order valence-electron chi connectivity index (χ3n) is 8.30. The molecule has 1 unspecified atom stereocenters. The van der Waals surface area contributed by atoms with E-state index in [0.29, 0.717) is 36.7 Å². The molecule has 334 valence electrons. The first-order valence-electron chi connectivity index (χ1n) is 21.6. The van der Waals surface area contributed by atoms with E-state index >= 15 is 0 Å². The van der Waals surface area contributed by atoms with E-state index in [2.05, 4.69) is 104 Å². The van der Waals surface area contributed by atoms with Gasteiger partial charge in [0.05, 0.1) is 33.9 Å². The van der Waals surface area contributed by atoms with Crippen molar-refractivity contribution in [2.75, 3.05) is 47.5 Å². The molecule has 0 aliphatic carbocycles. The summed E-state index contributed by atoms with van der Waals surface area (Å²) in [6.07, 6.45) is 49.8. The van der Waals surface area contributed by atoms with Gasteiger partial charge in [0.2, 0.25) is 0 Å². The third kappa shape index (κ3) is 44.0. The SMILES string of the molecule is CC/C=C\C/C=C\C/C=C\C/C=C\C/C=C\CCCC(=O)O[C@H](COC(=O)CCC/C=C\C/C=C\C/C=C\C/C=C\CCC[C@@H](C)O)COP(=O)([O-])OCC[N+](C)(C)C. The first-order valence-corrected chi connectivity index (χ1v) is 23.1. The lowest BCUT2D eigenvalue weighted by atomic mass is 10.1. The Labute approximate surface area is 358 Å². The van der Waals surface area contributed by atoms with Crippen LogP contribution in [-0.2, 0) is 32.7 Å². The van der Waals surface area contributed by atoms with Crippen LogP contribution in [-0.4, -0.2) is 81.2 Å². The van der Waals surface area contributed by atoms with Gasteiger partial charge in [0.25, 0.3) is 7.82 Å². The van der Waals surface area contributed by atoms with Crippen LogP contribution in [0.1, 0.15) is 123 Å². The summed E-state index contributed by atoms with van der Waals surface area (Å²) in [6, 6.07) is 0. The van der Waals surface area contributed by atoms with Crippen molar-refractivity contribution >= 4 is 19.8 Å². The fourth-order valence-electron chi connectivity index (χ4n) is 4.93. The number of likely N-dealkylation sites (N-methyl/N-ethyl adjacent to an activating group) is 1. The Bertz CT molecular complexity index is 1380. The van der Waals surface area contributed by atoms with Crippen LogP contribution in [0, 0.1) is 0 Å². The normalized spacial score (nSPS) is 15.2. The number of carbonyl (C=O) groups is 2. The molecule has 0 spiro atoms. The number of quaternary nitrogens is 1. The summed E-state index contributed by atoms with van der Waals surface area (Å²) < 4.78 is 33.7. The molecule has 0 saturated heterocycles. The molecule has 0 aromatic rings. The van der Waals surface area contributed by atoms with Crippen LogP contribution in [0.2, 0.25) is 0 Å². The maximum atomic E-state index is 12.6. The largest absolute Gasteiger partial charge is 0.756 e. The number of ether oxygens (including phenoxy) is 2. The minimum Gasteiger partial charge on any atom is -0.756 e. The van der Waals surface area contributed by atoms with Crippen molar-refractivity contribution in [3.05, 3.63) is 109 Å². The van der Waals surface area contributed by atoms with E-state index < -0.39 is 32.5 Å². The number of aliphatic hydroxyl groups is 1. The van der Waals surface area contributed by atoms with Crippen molar-refractivity contribution in [2.24, 2.45) is 0 Å². The average molecular weight is 844 g/mol. The first-order chi connectivity index (χ1) is 28.3. The quantitative estimate of drug-likeness (QED) is 0.0213. The highest BCUT2D eigenvalue weighted by atomic mass is 31.2. The molecular formula is C48H78NO9P. The van der Waals surface area contributed by atoms with Gasteiger partial charge in [-0.25, -0.2) is 0 Å². The smallest absolute Gasteiger partial charge is 0.306 e. The lowest BCUT2D eigenvalue weighted by molar-refractivity contribution is -0.870. The van der Waals surface area contributed by atoms with Gasteiger partial charge in [-0.2, -0.15) is 0 Å². The topological polar surface area (TPSA) is 131 Å². The van der Waals surface area contributed by atoms with Gasteiger partial charge in [-0.1, -0.05) is 116 Å². The number of hydrogen-bond acceptors (Lipinski definition) is 9. The molecule has 59 heavy (non-hydrogen) atoms. The van der Waals surface area contributed by atoms with Gasteiger partial charge in [0.15, 0.2) is 6.10 Å². The van der Waals surface area contributed by atoms with E-state index in [1.807, 2.05) is 40.2 Å². The molecule has 0 fully saturated rings. The van der Waals surface area contributed by atoms with Crippen LogP contribution < -0.4 is 4.89 Å². The van der Waals surface area contributed by atoms with Crippen LogP contribution in [0.4, 0.5) is 0 Å². The maximum absolute atomic E-state index is 12.6. The summed E-state index contributed by atoms with van der Waals surface area (Å²) >= 11 is 0. The molecular weight excluding hydrogens is 766 g/mol. The molecule has 0 aromatic heterocycles. The lowest BCUT2D eigenvalue weighted by Gasteiger charge is -2.28. The zero-order valence-electron chi connectivity index (χ0n) is 37.0. The van der Waals surface area contributed by atoms with Crippen LogP contribution in [0.15, 0.2) is 109 Å². The molecule has 0 rings (SSSR count). The Morgan fingerprint density at radius 3 is 1.44 bits per heavy atom. The number of nitrogens with zero attached hydrogens (tertiary/aromatic N) is 1. The fourth-order valence-corrected chi connectivity index (χ4v) is 5.66. The second-order valence-corrected chi connectivity index (χ2v) is 16.7. The van der Waals surface area contributed by atoms with E-state index in [1.54, 1.807) is 0 Å². The van der Waals surface area contributed by atoms with Gasteiger partial charge in [-0.15, -0.1) is 0 Å². The molecule has 1 N–H and O–H groups in total. The average Bonchev–Trinajstić information content (AvgIpc) is 3.17. The molecule has 3 atom stereocenters. The van der Waals surface area contributed by atoms with Gasteiger partial charge in [-0.05, 0) is 103 Å². The zero-order valence-corrected chi connectivity index (χ0v) is 37.9. The van der Waals surface area contributed by atoms with Crippen LogP contribution in [0.25, 0.3) is 0 Å². The number of aliphatic hydroxyl groups excluding tert-OH is 1. The number of carbonyl (C=O) groups excluding carboxylic acids is 2. The highest BCUT2D eigenvalue weighted by Gasteiger charge is 2.21. The summed E-state index contributed by atoms with van der Waals surface area (Å²) in [6.45, 7) is 3.48. The van der Waals surface area contributed by atoms with Gasteiger partial charge in [0.1, 0.15) is 19.8 Å². The maximum Gasteiger partial charge on any atom is 0.306 e. The zero-order chi connectivity index (χ0) is 43.7. The molecule has 0 heterocycles. The number of phosphoric ester groups is 1. The predicted molar refractivity (Wildman–Crippen MR) is 241 cm³/mol. The standard InChI is InChI=1S/C48H78NO9P/c1-6-7-8-9-10-11-12-13-14-15-18-22-25-28-31-34-37-40-48(52)58-46(44-57-59(53,54)56-42-41-49(3,4)5)43-55-47(51)39-36-33-30-27-24-21-19-16-17-20-23-26-29-32-35-38-45(2)50/h7-8,10-11,13-14,17-22,26-31,45-46,50H,6,9,12,15-16,23-25,32-44H2,1-5H3/b8-7-,11-10-,14-13-,20-17-,21-19-,22-18-,29-26-,30-27-,31-28-/t45-,46-/m1/s1. The van der Waals surface area contributed by atoms with Gasteiger partial charge in [0, 0.05) is 12.8 Å². The number of phosphoric acid groups is 1. The van der Waals surface area contributed by atoms with E-state index in [-0.39, 0.29) is 32.2 Å². The van der Waals surface area contributed by atoms with Crippen molar-refractivity contribution in [3.63, 3.8) is 0 Å². The Balaban J connectivity index is 4.59. The summed E-state index contributed by atoms with van der Waals surface area (Å²) in [4.78, 5) is 37.5.